The minimum absolute atomic E-state index is 0.0154. The Bertz CT molecular complexity index is 639. The normalized spacial score (nSPS) is 14.2. The van der Waals surface area contributed by atoms with Crippen LogP contribution in [-0.2, 0) is 19.4 Å². The number of benzene rings is 1. The maximum Gasteiger partial charge on any atom is 0.265 e. The first kappa shape index (κ1) is 15.3. The lowest BCUT2D eigenvalue weighted by molar-refractivity contribution is 0.103. The van der Waals surface area contributed by atoms with Crippen LogP contribution in [-0.4, -0.2) is 13.0 Å². The van der Waals surface area contributed by atoms with Crippen LogP contribution in [0.25, 0.3) is 0 Å². The van der Waals surface area contributed by atoms with Crippen LogP contribution in [0.2, 0.25) is 0 Å². The van der Waals surface area contributed by atoms with E-state index in [0.29, 0.717) is 0 Å². The Morgan fingerprint density at radius 3 is 2.86 bits per heavy atom. The highest BCUT2D eigenvalue weighted by Crippen LogP contribution is 2.29. The summed E-state index contributed by atoms with van der Waals surface area (Å²) >= 11 is 1.67. The van der Waals surface area contributed by atoms with Crippen molar-refractivity contribution in [1.82, 2.24) is 5.32 Å². The lowest BCUT2D eigenvalue weighted by atomic mass is 10.1. The number of para-hydroxylation sites is 1. The van der Waals surface area contributed by atoms with Crippen molar-refractivity contribution in [3.05, 3.63) is 51.2 Å². The summed E-state index contributed by atoms with van der Waals surface area (Å²) in [6.45, 7) is 0.747. The average Bonchev–Trinajstić information content (AvgIpc) is 2.81. The highest BCUT2D eigenvalue weighted by Gasteiger charge is 2.17. The third-order valence-electron chi connectivity index (χ3n) is 4.10. The average molecular weight is 314 g/mol. The molecule has 116 valence electrons. The molecule has 0 saturated heterocycles. The summed E-state index contributed by atoms with van der Waals surface area (Å²) in [4.78, 5) is 14.8. The molecule has 0 saturated carbocycles. The molecule has 3 nitrogen and oxygen atoms in total. The van der Waals surface area contributed by atoms with Gasteiger partial charge in [0.2, 0.25) is 0 Å². The maximum absolute atomic E-state index is 12.6. The number of aryl methyl sites for hydroxylation is 2. The van der Waals surface area contributed by atoms with E-state index in [1.807, 2.05) is 31.3 Å². The first-order chi connectivity index (χ1) is 10.8. The van der Waals surface area contributed by atoms with Crippen molar-refractivity contribution < 1.29 is 4.79 Å². The van der Waals surface area contributed by atoms with Crippen LogP contribution in [0, 0.1) is 0 Å². The largest absolute Gasteiger partial charge is 0.321 e. The van der Waals surface area contributed by atoms with E-state index in [-0.39, 0.29) is 5.91 Å². The summed E-state index contributed by atoms with van der Waals surface area (Å²) in [6.07, 6.45) is 6.05. The lowest BCUT2D eigenvalue weighted by Gasteiger charge is -2.09. The Morgan fingerprint density at radius 2 is 2.00 bits per heavy atom. The number of nitrogens with one attached hydrogen (secondary N) is 2. The maximum atomic E-state index is 12.6. The number of hydrogen-bond acceptors (Lipinski definition) is 3. The minimum atomic E-state index is 0.0154. The second kappa shape index (κ2) is 7.07. The predicted octanol–water partition coefficient (Wildman–Crippen LogP) is 3.99. The van der Waals surface area contributed by atoms with E-state index in [1.165, 1.54) is 29.7 Å². The number of hydrogen-bond donors (Lipinski definition) is 2. The second-order valence-corrected chi connectivity index (χ2v) is 6.90. The molecule has 0 bridgehead atoms. The molecular weight excluding hydrogens is 292 g/mol. The molecule has 0 spiro atoms. The van der Waals surface area contributed by atoms with Gasteiger partial charge in [0.05, 0.1) is 4.88 Å². The number of fused-ring (bicyclic) bond motifs is 1. The number of amides is 1. The summed E-state index contributed by atoms with van der Waals surface area (Å²) in [7, 11) is 1.91. The van der Waals surface area contributed by atoms with E-state index in [1.54, 1.807) is 11.3 Å². The van der Waals surface area contributed by atoms with Gasteiger partial charge in [-0.15, -0.1) is 11.3 Å². The van der Waals surface area contributed by atoms with E-state index in [2.05, 4.69) is 16.7 Å². The second-order valence-electron chi connectivity index (χ2n) is 5.76. The number of anilines is 1. The monoisotopic (exact) mass is 314 g/mol. The van der Waals surface area contributed by atoms with Gasteiger partial charge in [0.15, 0.2) is 0 Å². The molecule has 0 unspecified atom stereocenters. The molecule has 1 aliphatic rings. The first-order valence-corrected chi connectivity index (χ1v) is 8.75. The number of carbonyl (C=O) groups excluding carboxylic acids is 1. The fraction of sp³-hybridized carbons (Fsp3) is 0.389. The molecule has 22 heavy (non-hydrogen) atoms. The zero-order valence-electron chi connectivity index (χ0n) is 12.9. The Labute approximate surface area is 135 Å². The van der Waals surface area contributed by atoms with Gasteiger partial charge < -0.3 is 10.6 Å². The molecule has 1 heterocycles. The highest BCUT2D eigenvalue weighted by atomic mass is 32.1. The molecule has 1 aromatic heterocycles. The van der Waals surface area contributed by atoms with Crippen LogP contribution in [0.1, 0.15) is 44.9 Å². The molecular formula is C18H22N2OS. The number of thiophene rings is 1. The molecule has 0 aliphatic heterocycles. The van der Waals surface area contributed by atoms with E-state index < -0.39 is 0 Å². The molecule has 4 heteroatoms. The minimum Gasteiger partial charge on any atom is -0.321 e. The van der Waals surface area contributed by atoms with Gasteiger partial charge in [0, 0.05) is 17.1 Å². The molecule has 0 fully saturated rings. The first-order valence-electron chi connectivity index (χ1n) is 7.93. The van der Waals surface area contributed by atoms with E-state index in [4.69, 9.17) is 0 Å². The van der Waals surface area contributed by atoms with Crippen molar-refractivity contribution in [2.24, 2.45) is 0 Å². The predicted molar refractivity (Wildman–Crippen MR) is 92.7 cm³/mol. The SMILES string of the molecule is CNCc1ccccc1NC(=O)c1cc2c(s1)CCCCC2. The summed E-state index contributed by atoms with van der Waals surface area (Å²) in [6, 6.07) is 10.0. The summed E-state index contributed by atoms with van der Waals surface area (Å²) in [5.74, 6) is 0.0154. The fourth-order valence-corrected chi connectivity index (χ4v) is 4.10. The molecule has 2 N–H and O–H groups in total. The van der Waals surface area contributed by atoms with E-state index >= 15 is 0 Å². The van der Waals surface area contributed by atoms with E-state index in [9.17, 15) is 4.79 Å². The highest BCUT2D eigenvalue weighted by molar-refractivity contribution is 7.14. The van der Waals surface area contributed by atoms with Crippen molar-refractivity contribution in [3.63, 3.8) is 0 Å². The molecule has 1 aromatic carbocycles. The smallest absolute Gasteiger partial charge is 0.265 e. The van der Waals surface area contributed by atoms with Gasteiger partial charge in [-0.1, -0.05) is 24.6 Å². The number of rotatable bonds is 4. The Balaban J connectivity index is 1.77. The zero-order chi connectivity index (χ0) is 15.4. The lowest BCUT2D eigenvalue weighted by Crippen LogP contribution is -2.14. The van der Waals surface area contributed by atoms with E-state index in [0.717, 1.165) is 35.5 Å². The van der Waals surface area contributed by atoms with Gasteiger partial charge in [-0.25, -0.2) is 0 Å². The van der Waals surface area contributed by atoms with Crippen molar-refractivity contribution in [1.29, 1.82) is 0 Å². The third kappa shape index (κ3) is 3.39. The van der Waals surface area contributed by atoms with Crippen LogP contribution < -0.4 is 10.6 Å². The van der Waals surface area contributed by atoms with Crippen molar-refractivity contribution >= 4 is 22.9 Å². The van der Waals surface area contributed by atoms with Gasteiger partial charge in [-0.05, 0) is 56.0 Å². The summed E-state index contributed by atoms with van der Waals surface area (Å²) in [5.41, 5.74) is 3.39. The fourth-order valence-electron chi connectivity index (χ4n) is 2.95. The molecule has 1 aliphatic carbocycles. The summed E-state index contributed by atoms with van der Waals surface area (Å²) in [5, 5.41) is 6.20. The summed E-state index contributed by atoms with van der Waals surface area (Å²) < 4.78 is 0. The third-order valence-corrected chi connectivity index (χ3v) is 5.34. The van der Waals surface area contributed by atoms with Crippen LogP contribution in [0.3, 0.4) is 0 Å². The Morgan fingerprint density at radius 1 is 1.18 bits per heavy atom. The van der Waals surface area contributed by atoms with Crippen LogP contribution in [0.5, 0.6) is 0 Å². The molecule has 1 amide bonds. The van der Waals surface area contributed by atoms with Crippen LogP contribution in [0.15, 0.2) is 30.3 Å². The quantitative estimate of drug-likeness (QED) is 0.838. The van der Waals surface area contributed by atoms with Gasteiger partial charge in [-0.2, -0.15) is 0 Å². The number of carbonyl (C=O) groups is 1. The van der Waals surface area contributed by atoms with Gasteiger partial charge >= 0.3 is 0 Å². The molecule has 0 radical (unpaired) electrons. The molecule has 0 atom stereocenters. The standard InChI is InChI=1S/C18H22N2OS/c1-19-12-14-8-5-6-9-15(14)20-18(21)17-11-13-7-3-2-4-10-16(13)22-17/h5-6,8-9,11,19H,2-4,7,10,12H2,1H3,(H,20,21). The van der Waals surface area contributed by atoms with Crippen LogP contribution >= 0.6 is 11.3 Å². The van der Waals surface area contributed by atoms with Crippen molar-refractivity contribution in [3.8, 4) is 0 Å². The van der Waals surface area contributed by atoms with Gasteiger partial charge in [-0.3, -0.25) is 4.79 Å². The van der Waals surface area contributed by atoms with Gasteiger partial charge in [0.1, 0.15) is 0 Å². The Kier molecular flexibility index (Phi) is 4.90. The molecule has 3 rings (SSSR count). The zero-order valence-corrected chi connectivity index (χ0v) is 13.8. The Hall–Kier alpha value is -1.65. The topological polar surface area (TPSA) is 41.1 Å². The van der Waals surface area contributed by atoms with Gasteiger partial charge in [0.25, 0.3) is 5.91 Å². The van der Waals surface area contributed by atoms with Crippen LogP contribution in [0.4, 0.5) is 5.69 Å². The van der Waals surface area contributed by atoms with Crippen molar-refractivity contribution in [2.45, 2.75) is 38.6 Å². The van der Waals surface area contributed by atoms with Crippen molar-refractivity contribution in [2.75, 3.05) is 12.4 Å². The molecule has 2 aromatic rings.